The number of hydrogen-bond acceptors (Lipinski definition) is 0. The molecular formula is C22H34Si. The number of allylic oxidation sites excluding steroid dienone is 4. The lowest BCUT2D eigenvalue weighted by molar-refractivity contribution is 0.764. The Morgan fingerprint density at radius 2 is 1.65 bits per heavy atom. The van der Waals surface area contributed by atoms with Crippen LogP contribution in [0, 0.1) is 26.7 Å². The lowest BCUT2D eigenvalue weighted by Crippen LogP contribution is -2.37. The summed E-state index contributed by atoms with van der Waals surface area (Å²) in [6, 6.07) is 6.22. The summed E-state index contributed by atoms with van der Waals surface area (Å²) in [7, 11) is -1.10. The summed E-state index contributed by atoms with van der Waals surface area (Å²) >= 11 is 0. The van der Waals surface area contributed by atoms with Gasteiger partial charge in [-0.15, -0.1) is 0 Å². The molecule has 1 aromatic carbocycles. The minimum atomic E-state index is -1.10. The number of rotatable bonds is 7. The second-order valence-corrected chi connectivity index (χ2v) is 10.5. The highest BCUT2D eigenvalue weighted by atomic mass is 28.3. The maximum absolute atomic E-state index is 2.55. The van der Waals surface area contributed by atoms with Crippen molar-refractivity contribution in [1.29, 1.82) is 0 Å². The molecule has 1 aliphatic carbocycles. The average Bonchev–Trinajstić information content (AvgIpc) is 2.94. The van der Waals surface area contributed by atoms with Gasteiger partial charge in [-0.2, -0.15) is 0 Å². The van der Waals surface area contributed by atoms with Gasteiger partial charge >= 0.3 is 0 Å². The van der Waals surface area contributed by atoms with Crippen LogP contribution in [0.15, 0.2) is 35.1 Å². The molecule has 0 bridgehead atoms. The first-order valence-electron chi connectivity index (χ1n) is 9.43. The maximum Gasteiger partial charge on any atom is 0.103 e. The van der Waals surface area contributed by atoms with E-state index in [4.69, 9.17) is 0 Å². The molecule has 0 N–H and O–H groups in total. The average molecular weight is 327 g/mol. The molecule has 126 valence electrons. The summed E-state index contributed by atoms with van der Waals surface area (Å²) in [4.78, 5) is 0. The van der Waals surface area contributed by atoms with Crippen LogP contribution in [-0.4, -0.2) is 8.80 Å². The Hall–Kier alpha value is -1.08. The van der Waals surface area contributed by atoms with Gasteiger partial charge in [0.15, 0.2) is 0 Å². The molecule has 0 nitrogen and oxygen atoms in total. The van der Waals surface area contributed by atoms with E-state index in [1.54, 1.807) is 16.0 Å². The SMILES string of the molecule is CCCCC[SiH](C1=CCC=C1C(C)C)c1c(C)cc(C)cc1C. The largest absolute Gasteiger partial charge is 0.103 e. The number of aryl methyl sites for hydroxylation is 3. The lowest BCUT2D eigenvalue weighted by Gasteiger charge is -2.26. The molecule has 0 aromatic heterocycles. The molecule has 0 heterocycles. The number of unbranched alkanes of at least 4 members (excludes halogenated alkanes) is 2. The Bertz CT molecular complexity index is 581. The molecule has 0 aliphatic heterocycles. The van der Waals surface area contributed by atoms with Crippen molar-refractivity contribution in [2.75, 3.05) is 0 Å². The fourth-order valence-electron chi connectivity index (χ4n) is 4.26. The summed E-state index contributed by atoms with van der Waals surface area (Å²) in [6.45, 7) is 13.9. The van der Waals surface area contributed by atoms with E-state index in [1.807, 2.05) is 0 Å². The minimum absolute atomic E-state index is 0.663. The molecule has 2 rings (SSSR count). The van der Waals surface area contributed by atoms with Crippen molar-refractivity contribution < 1.29 is 0 Å². The van der Waals surface area contributed by atoms with Gasteiger partial charge < -0.3 is 0 Å². The maximum atomic E-state index is 2.55. The van der Waals surface area contributed by atoms with Crippen molar-refractivity contribution in [2.24, 2.45) is 5.92 Å². The van der Waals surface area contributed by atoms with Crippen LogP contribution >= 0.6 is 0 Å². The van der Waals surface area contributed by atoms with E-state index in [9.17, 15) is 0 Å². The quantitative estimate of drug-likeness (QED) is 0.446. The van der Waals surface area contributed by atoms with E-state index in [2.05, 4.69) is 65.8 Å². The van der Waals surface area contributed by atoms with Crippen LogP contribution in [0.2, 0.25) is 6.04 Å². The van der Waals surface area contributed by atoms with Gasteiger partial charge in [0.05, 0.1) is 0 Å². The minimum Gasteiger partial charge on any atom is -0.0811 e. The molecule has 0 radical (unpaired) electrons. The zero-order chi connectivity index (χ0) is 17.0. The molecule has 0 amide bonds. The van der Waals surface area contributed by atoms with Gasteiger partial charge in [-0.25, -0.2) is 0 Å². The Morgan fingerprint density at radius 3 is 2.22 bits per heavy atom. The molecule has 23 heavy (non-hydrogen) atoms. The smallest absolute Gasteiger partial charge is 0.0811 e. The highest BCUT2D eigenvalue weighted by Gasteiger charge is 2.27. The highest BCUT2D eigenvalue weighted by Crippen LogP contribution is 2.31. The van der Waals surface area contributed by atoms with Crippen LogP contribution in [0.3, 0.4) is 0 Å². The molecule has 0 saturated heterocycles. The normalized spacial score (nSPS) is 15.8. The van der Waals surface area contributed by atoms with Crippen LogP contribution in [0.4, 0.5) is 0 Å². The van der Waals surface area contributed by atoms with Gasteiger partial charge in [0, 0.05) is 0 Å². The highest BCUT2D eigenvalue weighted by molar-refractivity contribution is 6.81. The second kappa shape index (κ2) is 8.15. The van der Waals surface area contributed by atoms with E-state index < -0.39 is 8.80 Å². The van der Waals surface area contributed by atoms with E-state index >= 15 is 0 Å². The number of hydrogen-bond donors (Lipinski definition) is 0. The van der Waals surface area contributed by atoms with Gasteiger partial charge in [-0.1, -0.05) is 103 Å². The summed E-state index contributed by atoms with van der Waals surface area (Å²) < 4.78 is 0. The van der Waals surface area contributed by atoms with Crippen molar-refractivity contribution in [3.05, 3.63) is 51.7 Å². The predicted octanol–water partition coefficient (Wildman–Crippen LogP) is 5.69. The summed E-state index contributed by atoms with van der Waals surface area (Å²) in [5, 5.41) is 3.48. The molecule has 1 heteroatoms. The van der Waals surface area contributed by atoms with E-state index in [1.165, 1.54) is 42.0 Å². The third kappa shape index (κ3) is 4.26. The Balaban J connectivity index is 2.42. The molecule has 1 aromatic rings. The molecule has 0 fully saturated rings. The summed E-state index contributed by atoms with van der Waals surface area (Å²) in [5.74, 6) is 0.663. The van der Waals surface area contributed by atoms with Crippen LogP contribution in [0.25, 0.3) is 0 Å². The van der Waals surface area contributed by atoms with E-state index in [-0.39, 0.29) is 0 Å². The standard InChI is InChI=1S/C22H34Si/c1-7-8-9-13-23(21-12-10-11-20(21)16(2)3)22-18(5)14-17(4)15-19(22)6/h11-12,14-16,23H,7-10,13H2,1-6H3. The predicted molar refractivity (Wildman–Crippen MR) is 107 cm³/mol. The fourth-order valence-corrected chi connectivity index (χ4v) is 8.40. The van der Waals surface area contributed by atoms with Gasteiger partial charge in [0.25, 0.3) is 0 Å². The van der Waals surface area contributed by atoms with Gasteiger partial charge in [0.2, 0.25) is 0 Å². The van der Waals surface area contributed by atoms with Crippen LogP contribution in [0.5, 0.6) is 0 Å². The first kappa shape index (κ1) is 18.3. The fraction of sp³-hybridized carbons (Fsp3) is 0.545. The third-order valence-electron chi connectivity index (χ3n) is 5.19. The van der Waals surface area contributed by atoms with E-state index in [0.717, 1.165) is 6.42 Å². The Labute approximate surface area is 145 Å². The zero-order valence-corrected chi connectivity index (χ0v) is 17.2. The van der Waals surface area contributed by atoms with Crippen LogP contribution in [-0.2, 0) is 0 Å². The molecule has 1 aliphatic rings. The molecule has 1 atom stereocenters. The van der Waals surface area contributed by atoms with Gasteiger partial charge in [-0.3, -0.25) is 0 Å². The van der Waals surface area contributed by atoms with Crippen molar-refractivity contribution in [2.45, 2.75) is 73.3 Å². The molecular weight excluding hydrogens is 292 g/mol. The van der Waals surface area contributed by atoms with Crippen molar-refractivity contribution in [3.63, 3.8) is 0 Å². The molecule has 0 spiro atoms. The first-order chi connectivity index (χ1) is 11.0. The molecule has 0 saturated carbocycles. The Morgan fingerprint density at radius 1 is 1.00 bits per heavy atom. The first-order valence-corrected chi connectivity index (χ1v) is 11.4. The van der Waals surface area contributed by atoms with Gasteiger partial charge in [-0.05, 0) is 33.1 Å². The third-order valence-corrected chi connectivity index (χ3v) is 9.10. The Kier molecular flexibility index (Phi) is 6.47. The monoisotopic (exact) mass is 326 g/mol. The summed E-state index contributed by atoms with van der Waals surface area (Å²) in [5.41, 5.74) is 6.13. The lowest BCUT2D eigenvalue weighted by atomic mass is 10.1. The van der Waals surface area contributed by atoms with Crippen molar-refractivity contribution in [3.8, 4) is 0 Å². The number of benzene rings is 1. The van der Waals surface area contributed by atoms with Crippen LogP contribution in [0.1, 0.15) is 63.1 Å². The van der Waals surface area contributed by atoms with E-state index in [0.29, 0.717) is 5.92 Å². The topological polar surface area (TPSA) is 0 Å². The summed E-state index contributed by atoms with van der Waals surface area (Å²) in [6.07, 6.45) is 10.3. The van der Waals surface area contributed by atoms with Crippen molar-refractivity contribution in [1.82, 2.24) is 0 Å². The second-order valence-electron chi connectivity index (χ2n) is 7.57. The van der Waals surface area contributed by atoms with Crippen LogP contribution < -0.4 is 5.19 Å². The zero-order valence-electron chi connectivity index (χ0n) is 16.0. The molecule has 1 unspecified atom stereocenters. The van der Waals surface area contributed by atoms with Gasteiger partial charge in [0.1, 0.15) is 8.80 Å². The van der Waals surface area contributed by atoms with Crippen molar-refractivity contribution >= 4 is 14.0 Å².